The molecule has 2 heterocycles. The predicted octanol–water partition coefficient (Wildman–Crippen LogP) is 5.79. The normalized spacial score (nSPS) is 62.5. The van der Waals surface area contributed by atoms with Crippen LogP contribution in [-0.4, -0.2) is 29.7 Å². The highest BCUT2D eigenvalue weighted by atomic mass is 16.7. The zero-order chi connectivity index (χ0) is 20.9. The second-order valence-corrected chi connectivity index (χ2v) is 13.1. The van der Waals surface area contributed by atoms with Gasteiger partial charge in [0.2, 0.25) is 0 Å². The first-order valence-corrected chi connectivity index (χ1v) is 13.3. The van der Waals surface area contributed by atoms with E-state index in [1.165, 1.54) is 44.9 Å². The number of hydrogen-bond donors (Lipinski definition) is 1. The largest absolute Gasteiger partial charge is 0.393 e. The van der Waals surface area contributed by atoms with Crippen LogP contribution in [0.5, 0.6) is 0 Å². The molecule has 4 aliphatic carbocycles. The molecule has 170 valence electrons. The average Bonchev–Trinajstić information content (AvgIpc) is 3.16. The molecule has 1 spiro atoms. The summed E-state index contributed by atoms with van der Waals surface area (Å²) in [5.74, 6) is 4.93. The Kier molecular flexibility index (Phi) is 4.58. The molecule has 0 aromatic carbocycles. The van der Waals surface area contributed by atoms with Crippen molar-refractivity contribution in [3.05, 3.63) is 0 Å². The minimum atomic E-state index is -0.282. The van der Waals surface area contributed by atoms with Crippen LogP contribution in [0.4, 0.5) is 0 Å². The molecule has 30 heavy (non-hydrogen) atoms. The summed E-state index contributed by atoms with van der Waals surface area (Å²) in [6.45, 7) is 10.9. The van der Waals surface area contributed by atoms with Crippen molar-refractivity contribution in [1.29, 1.82) is 0 Å². The number of rotatable bonds is 0. The topological polar surface area (TPSA) is 38.7 Å². The van der Waals surface area contributed by atoms with E-state index < -0.39 is 0 Å². The van der Waals surface area contributed by atoms with Gasteiger partial charge in [0.15, 0.2) is 5.79 Å². The smallest absolute Gasteiger partial charge is 0.171 e. The van der Waals surface area contributed by atoms with E-state index in [4.69, 9.17) is 9.47 Å². The van der Waals surface area contributed by atoms with Crippen LogP contribution >= 0.6 is 0 Å². The van der Waals surface area contributed by atoms with Gasteiger partial charge in [-0.3, -0.25) is 0 Å². The summed E-state index contributed by atoms with van der Waals surface area (Å²) < 4.78 is 13.4. The van der Waals surface area contributed by atoms with E-state index in [0.29, 0.717) is 34.7 Å². The van der Waals surface area contributed by atoms with Crippen LogP contribution in [-0.2, 0) is 9.47 Å². The van der Waals surface area contributed by atoms with Crippen LogP contribution in [0.25, 0.3) is 0 Å². The van der Waals surface area contributed by atoms with Gasteiger partial charge in [0.05, 0.1) is 18.8 Å². The summed E-state index contributed by atoms with van der Waals surface area (Å²) in [6, 6.07) is 0. The van der Waals surface area contributed by atoms with Gasteiger partial charge in [-0.05, 0) is 104 Å². The fraction of sp³-hybridized carbons (Fsp3) is 1.00. The van der Waals surface area contributed by atoms with E-state index in [-0.39, 0.29) is 11.9 Å². The number of fused-ring (bicyclic) bond motifs is 7. The Hall–Kier alpha value is -0.120. The van der Waals surface area contributed by atoms with Gasteiger partial charge in [0, 0.05) is 12.3 Å². The Morgan fingerprint density at radius 3 is 2.40 bits per heavy atom. The van der Waals surface area contributed by atoms with E-state index in [0.717, 1.165) is 49.5 Å². The predicted molar refractivity (Wildman–Crippen MR) is 118 cm³/mol. The fourth-order valence-corrected chi connectivity index (χ4v) is 10.3. The van der Waals surface area contributed by atoms with E-state index in [9.17, 15) is 5.11 Å². The number of aliphatic hydroxyl groups excluding tert-OH is 1. The molecule has 0 aromatic heterocycles. The summed E-state index contributed by atoms with van der Waals surface area (Å²) in [4.78, 5) is 0. The van der Waals surface area contributed by atoms with E-state index in [1.807, 2.05) is 0 Å². The lowest BCUT2D eigenvalue weighted by Crippen LogP contribution is -2.55. The summed E-state index contributed by atoms with van der Waals surface area (Å²) in [7, 11) is 0. The van der Waals surface area contributed by atoms with Crippen LogP contribution in [0.2, 0.25) is 0 Å². The first-order valence-electron chi connectivity index (χ1n) is 13.3. The first kappa shape index (κ1) is 20.5. The molecule has 6 fully saturated rings. The Morgan fingerprint density at radius 2 is 1.63 bits per heavy atom. The number of ether oxygens (including phenoxy) is 2. The van der Waals surface area contributed by atoms with Crippen molar-refractivity contribution >= 4 is 0 Å². The third kappa shape index (κ3) is 2.61. The van der Waals surface area contributed by atoms with Crippen LogP contribution in [0, 0.1) is 52.3 Å². The Bertz CT molecular complexity index is 684. The van der Waals surface area contributed by atoms with Gasteiger partial charge in [-0.15, -0.1) is 0 Å². The van der Waals surface area contributed by atoms with Gasteiger partial charge in [0.25, 0.3) is 0 Å². The Labute approximate surface area is 183 Å². The summed E-state index contributed by atoms with van der Waals surface area (Å²) >= 11 is 0. The molecule has 6 aliphatic rings. The molecular formula is C27H44O3. The molecule has 2 saturated heterocycles. The lowest BCUT2D eigenvalue weighted by molar-refractivity contribution is -0.273. The summed E-state index contributed by atoms with van der Waals surface area (Å²) in [6.07, 6.45) is 12.9. The monoisotopic (exact) mass is 416 g/mol. The maximum atomic E-state index is 10.3. The van der Waals surface area contributed by atoms with E-state index in [2.05, 4.69) is 27.7 Å². The minimum absolute atomic E-state index is 0.0389. The van der Waals surface area contributed by atoms with Crippen molar-refractivity contribution < 1.29 is 14.6 Å². The fourth-order valence-electron chi connectivity index (χ4n) is 10.3. The highest BCUT2D eigenvalue weighted by Gasteiger charge is 2.69. The Morgan fingerprint density at radius 1 is 0.833 bits per heavy atom. The lowest BCUT2D eigenvalue weighted by atomic mass is 9.44. The maximum absolute atomic E-state index is 10.3. The second-order valence-electron chi connectivity index (χ2n) is 13.1. The van der Waals surface area contributed by atoms with Gasteiger partial charge < -0.3 is 14.6 Å². The average molecular weight is 417 g/mol. The molecule has 12 atom stereocenters. The van der Waals surface area contributed by atoms with Crippen molar-refractivity contribution in [2.24, 2.45) is 52.3 Å². The molecule has 6 rings (SSSR count). The first-order chi connectivity index (χ1) is 14.3. The molecule has 4 saturated carbocycles. The molecule has 7 unspecified atom stereocenters. The minimum Gasteiger partial charge on any atom is -0.393 e. The number of hydrogen-bond acceptors (Lipinski definition) is 3. The van der Waals surface area contributed by atoms with Gasteiger partial charge in [-0.2, -0.15) is 0 Å². The standard InChI is InChI=1S/C27H44O3/c1-16-7-12-27(29-15-16)17(2)24-23(30-27)14-22-20-6-5-18-13-19(28)8-10-25(18,3)21(20)9-11-26(22,24)4/h16-24,28H,5-15H2,1-4H3/t16-,17?,18+,19+,20?,21?,22?,23?,24?,25+,26+,27?/m1/s1. The summed E-state index contributed by atoms with van der Waals surface area (Å²) in [5, 5.41) is 10.3. The van der Waals surface area contributed by atoms with E-state index in [1.54, 1.807) is 0 Å². The van der Waals surface area contributed by atoms with Gasteiger partial charge in [-0.25, -0.2) is 0 Å². The summed E-state index contributed by atoms with van der Waals surface area (Å²) in [5.41, 5.74) is 0.899. The SMILES string of the molecule is CC1C2C(CC3C4CC[C@H]5C[C@@H](O)CC[C@]5(C)C4CC[C@@]32C)OC12CC[C@@H](C)CO2. The van der Waals surface area contributed by atoms with Crippen molar-refractivity contribution in [1.82, 2.24) is 0 Å². The highest BCUT2D eigenvalue weighted by Crippen LogP contribution is 2.71. The molecule has 1 N–H and O–H groups in total. The van der Waals surface area contributed by atoms with Gasteiger partial charge in [-0.1, -0.05) is 27.7 Å². The van der Waals surface area contributed by atoms with Gasteiger partial charge >= 0.3 is 0 Å². The zero-order valence-corrected chi connectivity index (χ0v) is 19.7. The molecule has 0 aromatic rings. The van der Waals surface area contributed by atoms with Crippen molar-refractivity contribution in [3.63, 3.8) is 0 Å². The van der Waals surface area contributed by atoms with Gasteiger partial charge in [0.1, 0.15) is 0 Å². The zero-order valence-electron chi connectivity index (χ0n) is 19.7. The van der Waals surface area contributed by atoms with Crippen molar-refractivity contribution in [2.75, 3.05) is 6.61 Å². The molecule has 0 bridgehead atoms. The van der Waals surface area contributed by atoms with Crippen LogP contribution < -0.4 is 0 Å². The Balaban J connectivity index is 1.26. The third-order valence-electron chi connectivity index (χ3n) is 11.9. The molecule has 3 heteroatoms. The highest BCUT2D eigenvalue weighted by molar-refractivity contribution is 5.15. The quantitative estimate of drug-likeness (QED) is 0.543. The number of aliphatic hydroxyl groups is 1. The van der Waals surface area contributed by atoms with Crippen LogP contribution in [0.1, 0.15) is 91.9 Å². The molecule has 3 nitrogen and oxygen atoms in total. The molecule has 2 aliphatic heterocycles. The molecule has 0 radical (unpaired) electrons. The lowest BCUT2D eigenvalue weighted by Gasteiger charge is -2.61. The van der Waals surface area contributed by atoms with Crippen molar-refractivity contribution in [3.8, 4) is 0 Å². The third-order valence-corrected chi connectivity index (χ3v) is 11.9. The van der Waals surface area contributed by atoms with E-state index >= 15 is 0 Å². The van der Waals surface area contributed by atoms with Crippen LogP contribution in [0.3, 0.4) is 0 Å². The van der Waals surface area contributed by atoms with Crippen molar-refractivity contribution in [2.45, 2.75) is 110 Å². The maximum Gasteiger partial charge on any atom is 0.171 e. The molecule has 0 amide bonds. The second kappa shape index (κ2) is 6.70. The molecular weight excluding hydrogens is 372 g/mol. The van der Waals surface area contributed by atoms with Crippen LogP contribution in [0.15, 0.2) is 0 Å².